The first kappa shape index (κ1) is 21.9. The Kier molecular flexibility index (Phi) is 7.54. The molecule has 1 amide bonds. The number of carbonyl (C=O) groups is 2. The molecular weight excluding hydrogens is 355 g/mol. The van der Waals surface area contributed by atoms with Gasteiger partial charge in [0.05, 0.1) is 12.6 Å². The van der Waals surface area contributed by atoms with Crippen LogP contribution in [0.15, 0.2) is 0 Å². The van der Waals surface area contributed by atoms with Gasteiger partial charge in [-0.3, -0.25) is 4.79 Å². The van der Waals surface area contributed by atoms with Crippen molar-refractivity contribution in [2.45, 2.75) is 58.9 Å². The fourth-order valence-corrected chi connectivity index (χ4v) is 2.33. The van der Waals surface area contributed by atoms with Crippen LogP contribution in [0.5, 0.6) is 0 Å². The first-order valence-corrected chi connectivity index (χ1v) is 8.22. The van der Waals surface area contributed by atoms with E-state index in [2.05, 4.69) is 28.6 Å². The summed E-state index contributed by atoms with van der Waals surface area (Å²) in [5.74, 6) is -0.286. The van der Waals surface area contributed by atoms with Crippen LogP contribution in [-0.4, -0.2) is 55.4 Å². The molecule has 148 valence electrons. The van der Waals surface area contributed by atoms with E-state index in [1.54, 1.807) is 4.90 Å². The highest BCUT2D eigenvalue weighted by Crippen LogP contribution is 2.16. The number of hydrogen-bond donors (Lipinski definition) is 2. The molecule has 0 aliphatic carbocycles. The number of rotatable bonds is 4. The molecule has 0 unspecified atom stereocenters. The largest absolute Gasteiger partial charge is 0.490 e. The van der Waals surface area contributed by atoms with Gasteiger partial charge in [-0.1, -0.05) is 20.8 Å². The second-order valence-electron chi connectivity index (χ2n) is 6.36. The Morgan fingerprint density at radius 3 is 2.31 bits per heavy atom. The van der Waals surface area contributed by atoms with Crippen molar-refractivity contribution in [3.05, 3.63) is 11.6 Å². The van der Waals surface area contributed by atoms with Gasteiger partial charge in [0, 0.05) is 19.5 Å². The summed E-state index contributed by atoms with van der Waals surface area (Å²) in [6.45, 7) is 8.25. The van der Waals surface area contributed by atoms with E-state index < -0.39 is 18.2 Å². The lowest BCUT2D eigenvalue weighted by Gasteiger charge is -2.29. The summed E-state index contributed by atoms with van der Waals surface area (Å²) in [4.78, 5) is 22.8. The molecule has 1 aromatic heterocycles. The van der Waals surface area contributed by atoms with E-state index in [-0.39, 0.29) is 5.91 Å². The average Bonchev–Trinajstić information content (AvgIpc) is 2.94. The molecule has 0 fully saturated rings. The van der Waals surface area contributed by atoms with Gasteiger partial charge in [0.25, 0.3) is 0 Å². The van der Waals surface area contributed by atoms with E-state index >= 15 is 0 Å². The molecule has 1 atom stereocenters. The van der Waals surface area contributed by atoms with E-state index in [4.69, 9.17) is 15.6 Å². The van der Waals surface area contributed by atoms with Crippen molar-refractivity contribution in [3.63, 3.8) is 0 Å². The van der Waals surface area contributed by atoms with Gasteiger partial charge < -0.3 is 20.3 Å². The summed E-state index contributed by atoms with van der Waals surface area (Å²) in [6, 6.07) is -0.399. The summed E-state index contributed by atoms with van der Waals surface area (Å²) in [7, 11) is 0. The third-order valence-electron chi connectivity index (χ3n) is 3.73. The molecule has 26 heavy (non-hydrogen) atoms. The highest BCUT2D eigenvalue weighted by atomic mass is 19.4. The predicted octanol–water partition coefficient (Wildman–Crippen LogP) is 1.19. The monoisotopic (exact) mass is 379 g/mol. The van der Waals surface area contributed by atoms with Crippen LogP contribution in [-0.2, 0) is 29.1 Å². The lowest BCUT2D eigenvalue weighted by Crippen LogP contribution is -2.46. The third-order valence-corrected chi connectivity index (χ3v) is 3.73. The Hall–Kier alpha value is -2.17. The van der Waals surface area contributed by atoms with E-state index in [1.165, 1.54) is 0 Å². The van der Waals surface area contributed by atoms with Gasteiger partial charge >= 0.3 is 12.1 Å². The van der Waals surface area contributed by atoms with E-state index in [0.29, 0.717) is 25.4 Å². The highest BCUT2D eigenvalue weighted by Gasteiger charge is 2.38. The minimum absolute atomic E-state index is 0.0159. The fourth-order valence-electron chi connectivity index (χ4n) is 2.33. The quantitative estimate of drug-likeness (QED) is 0.812. The highest BCUT2D eigenvalue weighted by molar-refractivity contribution is 5.81. The molecule has 8 nitrogen and oxygen atoms in total. The number of nitrogens with two attached hydrogens (primary N) is 1. The van der Waals surface area contributed by atoms with Crippen molar-refractivity contribution >= 4 is 11.9 Å². The average molecular weight is 379 g/mol. The maximum Gasteiger partial charge on any atom is 0.490 e. The number of carboxylic acid groups (broad SMARTS) is 1. The predicted molar refractivity (Wildman–Crippen MR) is 85.9 cm³/mol. The molecule has 2 heterocycles. The summed E-state index contributed by atoms with van der Waals surface area (Å²) < 4.78 is 33.9. The van der Waals surface area contributed by atoms with E-state index in [9.17, 15) is 18.0 Å². The molecule has 0 bridgehead atoms. The smallest absolute Gasteiger partial charge is 0.475 e. The number of carboxylic acids is 1. The number of aromatic nitrogens is 3. The van der Waals surface area contributed by atoms with Crippen molar-refractivity contribution in [1.82, 2.24) is 19.7 Å². The van der Waals surface area contributed by atoms with Crippen molar-refractivity contribution < 1.29 is 27.9 Å². The molecule has 11 heteroatoms. The zero-order chi connectivity index (χ0) is 20.1. The third kappa shape index (κ3) is 5.97. The lowest BCUT2D eigenvalue weighted by molar-refractivity contribution is -0.192. The normalized spacial score (nSPS) is 15.2. The summed E-state index contributed by atoms with van der Waals surface area (Å²) >= 11 is 0. The van der Waals surface area contributed by atoms with Crippen LogP contribution in [0.3, 0.4) is 0 Å². The first-order valence-electron chi connectivity index (χ1n) is 8.22. The summed E-state index contributed by atoms with van der Waals surface area (Å²) in [5, 5.41) is 15.6. The number of halogens is 3. The Bertz CT molecular complexity index is 631. The molecule has 1 aliphatic heterocycles. The standard InChI is InChI=1S/C13H23N5O.C2HF3O2/c1-4-10(14)13(19)17-5-6-18-11(7-9(2)3)15-16-12(18)8-17;3-2(4,5)1(6)7/h9-10H,4-8,14H2,1-3H3;(H,6,7)/t10-;/m0./s1. The number of nitrogens with zero attached hydrogens (tertiary/aromatic N) is 4. The number of hydrogen-bond acceptors (Lipinski definition) is 5. The van der Waals surface area contributed by atoms with Crippen LogP contribution in [0.1, 0.15) is 38.8 Å². The van der Waals surface area contributed by atoms with Crippen LogP contribution in [0.25, 0.3) is 0 Å². The Labute approximate surface area is 149 Å². The van der Waals surface area contributed by atoms with E-state index in [1.807, 2.05) is 6.92 Å². The summed E-state index contributed by atoms with van der Waals surface area (Å²) in [6.07, 6.45) is -3.49. The van der Waals surface area contributed by atoms with Crippen LogP contribution < -0.4 is 5.73 Å². The molecule has 0 saturated heterocycles. The molecule has 0 spiro atoms. The van der Waals surface area contributed by atoms with Crippen LogP contribution >= 0.6 is 0 Å². The van der Waals surface area contributed by atoms with Crippen molar-refractivity contribution in [3.8, 4) is 0 Å². The SMILES string of the molecule is CC[C@H](N)C(=O)N1CCn2c(CC(C)C)nnc2C1.O=C(O)C(F)(F)F. The minimum atomic E-state index is -5.08. The second kappa shape index (κ2) is 8.97. The van der Waals surface area contributed by atoms with Crippen molar-refractivity contribution in [2.24, 2.45) is 11.7 Å². The molecular formula is C15H24F3N5O3. The van der Waals surface area contributed by atoms with Crippen LogP contribution in [0, 0.1) is 5.92 Å². The maximum atomic E-state index is 12.1. The summed E-state index contributed by atoms with van der Waals surface area (Å²) in [5.41, 5.74) is 5.80. The van der Waals surface area contributed by atoms with Gasteiger partial charge in [-0.2, -0.15) is 13.2 Å². The molecule has 0 radical (unpaired) electrons. The van der Waals surface area contributed by atoms with Gasteiger partial charge in [-0.25, -0.2) is 4.79 Å². The molecule has 2 rings (SSSR count). The number of aliphatic carboxylic acids is 1. The lowest BCUT2D eigenvalue weighted by atomic mass is 10.1. The molecule has 1 aromatic rings. The van der Waals surface area contributed by atoms with Gasteiger partial charge in [-0.15, -0.1) is 10.2 Å². The first-order chi connectivity index (χ1) is 12.0. The number of alkyl halides is 3. The Morgan fingerprint density at radius 1 is 1.27 bits per heavy atom. The Balaban J connectivity index is 0.000000412. The minimum Gasteiger partial charge on any atom is -0.475 e. The van der Waals surface area contributed by atoms with Gasteiger partial charge in [-0.05, 0) is 12.3 Å². The second-order valence-corrected chi connectivity index (χ2v) is 6.36. The van der Waals surface area contributed by atoms with Gasteiger partial charge in [0.2, 0.25) is 5.91 Å². The van der Waals surface area contributed by atoms with Gasteiger partial charge in [0.15, 0.2) is 5.82 Å². The topological polar surface area (TPSA) is 114 Å². The number of fused-ring (bicyclic) bond motifs is 1. The van der Waals surface area contributed by atoms with Crippen molar-refractivity contribution in [1.29, 1.82) is 0 Å². The van der Waals surface area contributed by atoms with Crippen LogP contribution in [0.4, 0.5) is 13.2 Å². The number of amides is 1. The maximum absolute atomic E-state index is 12.1. The molecule has 0 saturated carbocycles. The van der Waals surface area contributed by atoms with Gasteiger partial charge in [0.1, 0.15) is 5.82 Å². The Morgan fingerprint density at radius 2 is 1.85 bits per heavy atom. The number of carbonyl (C=O) groups excluding carboxylic acids is 1. The fraction of sp³-hybridized carbons (Fsp3) is 0.733. The molecule has 1 aliphatic rings. The zero-order valence-electron chi connectivity index (χ0n) is 15.0. The molecule has 0 aromatic carbocycles. The zero-order valence-corrected chi connectivity index (χ0v) is 15.0. The molecule has 3 N–H and O–H groups in total. The van der Waals surface area contributed by atoms with E-state index in [0.717, 1.165) is 24.6 Å². The van der Waals surface area contributed by atoms with Crippen LogP contribution in [0.2, 0.25) is 0 Å². The van der Waals surface area contributed by atoms with Crippen molar-refractivity contribution in [2.75, 3.05) is 6.54 Å².